The Morgan fingerprint density at radius 1 is 1.11 bits per heavy atom. The van der Waals surface area contributed by atoms with Crippen LogP contribution in [0, 0.1) is 26.7 Å². The fraction of sp³-hybridized carbons (Fsp3) is 0.537. The first kappa shape index (κ1) is 37.3. The topological polar surface area (TPSA) is 126 Å². The van der Waals surface area contributed by atoms with Gasteiger partial charge in [-0.3, -0.25) is 9.69 Å². The standard InChI is InChI=1S/C41H55N5O7/c1-22-17-26-14-16-46(31(18-42-5)36(45(6)7)34(26)37(48)38(22)49-8)32(33-23(2)39(53-25(4)47)24(3)40-41(33)52-21-51-40)20-50-19-30-35-28(13-15-43-30)27-11-9-10-12-29(27)44-35/h9-12,17,27,29-32,36,42-44,48H,13-16,18-21H2,1-8H3/t27?,29?,30-,31?,32-,36+/m0/s1. The Balaban J connectivity index is 1.32. The second-order valence-electron chi connectivity index (χ2n) is 15.0. The van der Waals surface area contributed by atoms with E-state index in [1.165, 1.54) is 18.2 Å². The predicted molar refractivity (Wildman–Crippen MR) is 203 cm³/mol. The summed E-state index contributed by atoms with van der Waals surface area (Å²) in [5.41, 5.74) is 7.95. The van der Waals surface area contributed by atoms with Crippen molar-refractivity contribution in [3.63, 3.8) is 0 Å². The molecular formula is C41H55N5O7. The maximum atomic E-state index is 12.5. The van der Waals surface area contributed by atoms with Gasteiger partial charge < -0.3 is 49.6 Å². The van der Waals surface area contributed by atoms with Gasteiger partial charge in [-0.25, -0.2) is 0 Å². The Morgan fingerprint density at radius 2 is 1.89 bits per heavy atom. The minimum atomic E-state index is -0.402. The fourth-order valence-corrected chi connectivity index (χ4v) is 9.43. The quantitative estimate of drug-likeness (QED) is 0.197. The molecule has 0 aromatic heterocycles. The highest BCUT2D eigenvalue weighted by atomic mass is 16.7. The van der Waals surface area contributed by atoms with Gasteiger partial charge in [0.25, 0.3) is 0 Å². The van der Waals surface area contributed by atoms with Gasteiger partial charge in [-0.15, -0.1) is 0 Å². The average Bonchev–Trinajstić information content (AvgIpc) is 3.73. The van der Waals surface area contributed by atoms with Gasteiger partial charge in [-0.05, 0) is 78.0 Å². The number of aromatic hydroxyl groups is 1. The van der Waals surface area contributed by atoms with Crippen LogP contribution >= 0.6 is 0 Å². The molecule has 1 aliphatic carbocycles. The molecule has 4 heterocycles. The maximum Gasteiger partial charge on any atom is 0.308 e. The van der Waals surface area contributed by atoms with Crippen LogP contribution in [0.3, 0.4) is 0 Å². The van der Waals surface area contributed by atoms with Crippen molar-refractivity contribution in [2.75, 3.05) is 67.9 Å². The number of phenolic OH excluding ortho intramolecular Hbond substituents is 1. The number of rotatable bonds is 11. The highest BCUT2D eigenvalue weighted by Gasteiger charge is 2.44. The smallest absolute Gasteiger partial charge is 0.308 e. The lowest BCUT2D eigenvalue weighted by molar-refractivity contribution is -0.132. The van der Waals surface area contributed by atoms with Crippen molar-refractivity contribution in [2.45, 2.75) is 70.7 Å². The van der Waals surface area contributed by atoms with E-state index in [0.29, 0.717) is 61.6 Å². The molecule has 0 bridgehead atoms. The summed E-state index contributed by atoms with van der Waals surface area (Å²) in [6, 6.07) is 1.74. The summed E-state index contributed by atoms with van der Waals surface area (Å²) in [5.74, 6) is 2.37. The molecule has 0 amide bonds. The first-order valence-electron chi connectivity index (χ1n) is 18.8. The Hall–Kier alpha value is -4.07. The van der Waals surface area contributed by atoms with E-state index in [2.05, 4.69) is 70.2 Å². The minimum Gasteiger partial charge on any atom is -0.504 e. The van der Waals surface area contributed by atoms with Gasteiger partial charge in [-0.2, -0.15) is 0 Å². The lowest BCUT2D eigenvalue weighted by Gasteiger charge is -2.43. The number of allylic oxidation sites excluding steroid dienone is 2. The third-order valence-corrected chi connectivity index (χ3v) is 11.6. The lowest BCUT2D eigenvalue weighted by Crippen LogP contribution is -2.51. The highest BCUT2D eigenvalue weighted by Crippen LogP contribution is 2.52. The number of esters is 1. The summed E-state index contributed by atoms with van der Waals surface area (Å²) in [4.78, 5) is 17.1. The third kappa shape index (κ3) is 6.69. The number of hydrogen-bond acceptors (Lipinski definition) is 12. The van der Waals surface area contributed by atoms with Crippen molar-refractivity contribution in [3.05, 3.63) is 75.0 Å². The molecule has 5 aliphatic rings. The Labute approximate surface area is 313 Å². The number of phenols is 1. The molecule has 53 heavy (non-hydrogen) atoms. The zero-order chi connectivity index (χ0) is 37.6. The van der Waals surface area contributed by atoms with Crippen LogP contribution in [0.5, 0.6) is 28.7 Å². The average molecular weight is 730 g/mol. The van der Waals surface area contributed by atoms with E-state index in [9.17, 15) is 9.90 Å². The van der Waals surface area contributed by atoms with Crippen molar-refractivity contribution in [3.8, 4) is 28.7 Å². The molecule has 0 saturated heterocycles. The Morgan fingerprint density at radius 3 is 2.62 bits per heavy atom. The summed E-state index contributed by atoms with van der Waals surface area (Å²) < 4.78 is 30.9. The van der Waals surface area contributed by atoms with Gasteiger partial charge in [-0.1, -0.05) is 30.4 Å². The van der Waals surface area contributed by atoms with E-state index in [1.54, 1.807) is 7.11 Å². The van der Waals surface area contributed by atoms with Gasteiger partial charge in [0.1, 0.15) is 5.75 Å². The molecule has 4 aliphatic heterocycles. The number of likely N-dealkylation sites (N-methyl/N-ethyl adjacent to an activating group) is 2. The molecule has 2 aromatic rings. The lowest BCUT2D eigenvalue weighted by atomic mass is 9.87. The van der Waals surface area contributed by atoms with Crippen LogP contribution in [0.1, 0.15) is 58.8 Å². The molecule has 12 nitrogen and oxygen atoms in total. The molecular weight excluding hydrogens is 674 g/mol. The SMILES string of the molecule is CNCC1[C@@H](N(C)C)c2c(cc(C)c(OC)c2O)CCN1[C@@H](COC[C@@H]1NCCC2=C1NC1C=CC=CC21)c1c(C)c(OC(C)=O)c(C)c2c1OCO2. The van der Waals surface area contributed by atoms with E-state index in [0.717, 1.165) is 46.3 Å². The van der Waals surface area contributed by atoms with Crippen LogP contribution in [0.4, 0.5) is 0 Å². The van der Waals surface area contributed by atoms with Crippen molar-refractivity contribution in [2.24, 2.45) is 5.92 Å². The summed E-state index contributed by atoms with van der Waals surface area (Å²) in [7, 11) is 7.67. The molecule has 286 valence electrons. The number of nitrogens with zero attached hydrogens (tertiary/aromatic N) is 2. The minimum absolute atomic E-state index is 0.0243. The van der Waals surface area contributed by atoms with Crippen molar-refractivity contribution in [1.82, 2.24) is 25.8 Å². The molecule has 0 spiro atoms. The fourth-order valence-electron chi connectivity index (χ4n) is 9.43. The largest absolute Gasteiger partial charge is 0.504 e. The normalized spacial score (nSPS) is 25.1. The van der Waals surface area contributed by atoms with E-state index in [4.69, 9.17) is 23.7 Å². The maximum absolute atomic E-state index is 12.5. The third-order valence-electron chi connectivity index (χ3n) is 11.6. The number of hydrogen-bond donors (Lipinski definition) is 4. The number of fused-ring (bicyclic) bond motifs is 4. The number of methoxy groups -OCH3 is 1. The summed E-state index contributed by atoms with van der Waals surface area (Å²) in [5, 5.41) is 22.8. The number of benzene rings is 2. The summed E-state index contributed by atoms with van der Waals surface area (Å²) in [6.07, 6.45) is 10.5. The first-order chi connectivity index (χ1) is 25.5. The number of carbonyl (C=O) groups excluding carboxylic acids is 1. The van der Waals surface area contributed by atoms with E-state index in [1.807, 2.05) is 27.8 Å². The molecule has 0 radical (unpaired) electrons. The number of nitrogens with one attached hydrogen (secondary N) is 3. The van der Waals surface area contributed by atoms with E-state index >= 15 is 0 Å². The molecule has 0 fully saturated rings. The number of ether oxygens (including phenoxy) is 5. The van der Waals surface area contributed by atoms with Crippen LogP contribution in [0.25, 0.3) is 0 Å². The second-order valence-corrected chi connectivity index (χ2v) is 15.0. The summed E-state index contributed by atoms with van der Waals surface area (Å²) in [6.45, 7) is 10.3. The number of aryl methyl sites for hydroxylation is 1. The van der Waals surface area contributed by atoms with Gasteiger partial charge >= 0.3 is 5.97 Å². The number of carbonyl (C=O) groups is 1. The molecule has 6 atom stereocenters. The van der Waals surface area contributed by atoms with E-state index < -0.39 is 5.97 Å². The van der Waals surface area contributed by atoms with Gasteiger partial charge in [0, 0.05) is 59.9 Å². The van der Waals surface area contributed by atoms with Gasteiger partial charge in [0.2, 0.25) is 6.79 Å². The van der Waals surface area contributed by atoms with Gasteiger partial charge in [0.05, 0.1) is 44.5 Å². The van der Waals surface area contributed by atoms with Crippen LogP contribution < -0.4 is 34.9 Å². The molecule has 0 saturated carbocycles. The zero-order valence-corrected chi connectivity index (χ0v) is 32.3. The molecule has 3 unspecified atom stereocenters. The molecule has 7 rings (SSSR count). The van der Waals surface area contributed by atoms with Crippen molar-refractivity contribution >= 4 is 5.97 Å². The van der Waals surface area contributed by atoms with Crippen molar-refractivity contribution in [1.29, 1.82) is 0 Å². The molecule has 4 N–H and O–H groups in total. The van der Waals surface area contributed by atoms with Crippen LogP contribution in [0.15, 0.2) is 41.6 Å². The van der Waals surface area contributed by atoms with Crippen LogP contribution in [0.2, 0.25) is 0 Å². The Kier molecular flexibility index (Phi) is 10.8. The highest BCUT2D eigenvalue weighted by molar-refractivity contribution is 5.73. The summed E-state index contributed by atoms with van der Waals surface area (Å²) >= 11 is 0. The predicted octanol–water partition coefficient (Wildman–Crippen LogP) is 4.12. The molecule has 12 heteroatoms. The second kappa shape index (κ2) is 15.3. The van der Waals surface area contributed by atoms with E-state index in [-0.39, 0.29) is 42.8 Å². The monoisotopic (exact) mass is 729 g/mol. The molecule has 2 aromatic carbocycles. The van der Waals surface area contributed by atoms with Gasteiger partial charge in [0.15, 0.2) is 23.0 Å². The zero-order valence-electron chi connectivity index (χ0n) is 32.3. The van der Waals surface area contributed by atoms with Crippen LogP contribution in [-0.4, -0.2) is 107 Å². The first-order valence-corrected chi connectivity index (χ1v) is 18.8. The Bertz CT molecular complexity index is 1840. The van der Waals surface area contributed by atoms with Crippen molar-refractivity contribution < 1.29 is 33.6 Å². The van der Waals surface area contributed by atoms with Crippen LogP contribution in [-0.2, 0) is 16.0 Å².